The summed E-state index contributed by atoms with van der Waals surface area (Å²) >= 11 is 0. The fraction of sp³-hybridized carbons (Fsp3) is 0.308. The molecule has 6 heteroatoms. The number of nitrogens with two attached hydrogens (primary N) is 1. The number of rotatable bonds is 2. The average molecular weight is 264 g/mol. The zero-order valence-corrected chi connectivity index (χ0v) is 10.6. The van der Waals surface area contributed by atoms with Crippen molar-refractivity contribution < 1.29 is 18.4 Å². The van der Waals surface area contributed by atoms with E-state index in [1.165, 1.54) is 20.0 Å². The summed E-state index contributed by atoms with van der Waals surface area (Å²) in [4.78, 5) is 0. The van der Waals surface area contributed by atoms with Gasteiger partial charge < -0.3 is 19.7 Å². The molecule has 19 heavy (non-hydrogen) atoms. The Morgan fingerprint density at radius 1 is 1.26 bits per heavy atom. The fourth-order valence-electron chi connectivity index (χ4n) is 2.00. The van der Waals surface area contributed by atoms with Gasteiger partial charge in [0.05, 0.1) is 11.8 Å². The van der Waals surface area contributed by atoms with Crippen molar-refractivity contribution in [2.24, 2.45) is 0 Å². The van der Waals surface area contributed by atoms with E-state index in [9.17, 15) is 4.39 Å². The first kappa shape index (κ1) is 11.8. The van der Waals surface area contributed by atoms with Gasteiger partial charge in [-0.1, -0.05) is 5.16 Å². The number of nitrogens with zero attached hydrogens (tertiary/aromatic N) is 1. The lowest BCUT2D eigenvalue weighted by Crippen LogP contribution is -2.09. The Bertz CT molecular complexity index is 631. The van der Waals surface area contributed by atoms with E-state index in [-0.39, 0.29) is 12.7 Å². The molecule has 3 rings (SSSR count). The summed E-state index contributed by atoms with van der Waals surface area (Å²) in [6, 6.07) is 3.31. The van der Waals surface area contributed by atoms with Gasteiger partial charge in [0, 0.05) is 5.56 Å². The third kappa shape index (κ3) is 1.89. The van der Waals surface area contributed by atoms with E-state index in [1.807, 2.05) is 0 Å². The predicted molar refractivity (Wildman–Crippen MR) is 66.6 cm³/mol. The van der Waals surface area contributed by atoms with Crippen LogP contribution in [0.25, 0.3) is 11.1 Å². The third-order valence-electron chi connectivity index (χ3n) is 3.05. The number of aromatic nitrogens is 1. The molecule has 1 aliphatic rings. The summed E-state index contributed by atoms with van der Waals surface area (Å²) in [5.74, 6) is 1.19. The van der Waals surface area contributed by atoms with Gasteiger partial charge >= 0.3 is 0 Å². The first-order valence-corrected chi connectivity index (χ1v) is 5.80. The van der Waals surface area contributed by atoms with Gasteiger partial charge in [-0.15, -0.1) is 0 Å². The quantitative estimate of drug-likeness (QED) is 0.903. The monoisotopic (exact) mass is 264 g/mol. The Balaban J connectivity index is 2.24. The summed E-state index contributed by atoms with van der Waals surface area (Å²) in [6.07, 6.45) is 1.47. The number of benzene rings is 1. The van der Waals surface area contributed by atoms with E-state index in [0.29, 0.717) is 28.2 Å². The molecule has 0 saturated carbocycles. The van der Waals surface area contributed by atoms with Crippen LogP contribution >= 0.6 is 0 Å². The number of nitrogen functional groups attached to an aromatic ring is 1. The minimum absolute atomic E-state index is 0.101. The minimum atomic E-state index is -1.50. The molecule has 0 fully saturated rings. The van der Waals surface area contributed by atoms with Crippen molar-refractivity contribution in [3.63, 3.8) is 0 Å². The van der Waals surface area contributed by atoms with Crippen LogP contribution in [0.5, 0.6) is 11.5 Å². The highest BCUT2D eigenvalue weighted by Crippen LogP contribution is 2.46. The van der Waals surface area contributed by atoms with E-state index in [4.69, 9.17) is 19.7 Å². The number of ether oxygens (including phenoxy) is 2. The predicted octanol–water partition coefficient (Wildman–Crippen LogP) is 2.86. The Hall–Kier alpha value is -2.24. The van der Waals surface area contributed by atoms with Crippen LogP contribution in [0.15, 0.2) is 22.9 Å². The molecule has 0 saturated heterocycles. The van der Waals surface area contributed by atoms with Gasteiger partial charge in [-0.25, -0.2) is 4.39 Å². The molecular formula is C13H13FN2O3. The van der Waals surface area contributed by atoms with Crippen molar-refractivity contribution >= 4 is 5.88 Å². The Morgan fingerprint density at radius 2 is 2.05 bits per heavy atom. The maximum absolute atomic E-state index is 14.1. The van der Waals surface area contributed by atoms with Crippen molar-refractivity contribution in [2.75, 3.05) is 12.5 Å². The van der Waals surface area contributed by atoms with Gasteiger partial charge in [0.15, 0.2) is 11.5 Å². The first-order valence-electron chi connectivity index (χ1n) is 5.80. The molecule has 1 aromatic heterocycles. The van der Waals surface area contributed by atoms with Crippen molar-refractivity contribution in [3.05, 3.63) is 23.9 Å². The lowest BCUT2D eigenvalue weighted by molar-refractivity contribution is 0.173. The number of hydrogen-bond donors (Lipinski definition) is 1. The SMILES string of the molecule is CC(C)(F)c1cc2c(c(-c3cnoc3N)c1)OCO2. The van der Waals surface area contributed by atoms with Gasteiger partial charge in [-0.05, 0) is 31.5 Å². The van der Waals surface area contributed by atoms with E-state index in [2.05, 4.69) is 5.16 Å². The minimum Gasteiger partial charge on any atom is -0.454 e. The summed E-state index contributed by atoms with van der Waals surface area (Å²) in [5.41, 5.74) is 5.87. The molecule has 0 atom stereocenters. The van der Waals surface area contributed by atoms with Crippen LogP contribution in [0.4, 0.5) is 10.3 Å². The Labute approximate surface area is 109 Å². The number of alkyl halides is 1. The topological polar surface area (TPSA) is 70.5 Å². The second-order valence-electron chi connectivity index (χ2n) is 4.83. The molecular weight excluding hydrogens is 251 g/mol. The molecule has 2 N–H and O–H groups in total. The zero-order chi connectivity index (χ0) is 13.6. The highest BCUT2D eigenvalue weighted by atomic mass is 19.1. The second-order valence-corrected chi connectivity index (χ2v) is 4.83. The molecule has 0 aliphatic carbocycles. The standard InChI is InChI=1S/C13H13FN2O3/c1-13(2,14)7-3-8(9-5-16-19-12(9)15)11-10(4-7)17-6-18-11/h3-5H,6,15H2,1-2H3. The van der Waals surface area contributed by atoms with Crippen molar-refractivity contribution in [1.82, 2.24) is 5.16 Å². The molecule has 0 spiro atoms. The summed E-state index contributed by atoms with van der Waals surface area (Å²) in [5, 5.41) is 3.63. The summed E-state index contributed by atoms with van der Waals surface area (Å²) in [7, 11) is 0. The number of fused-ring (bicyclic) bond motifs is 1. The molecule has 2 heterocycles. The van der Waals surface area contributed by atoms with E-state index in [0.717, 1.165) is 0 Å². The van der Waals surface area contributed by atoms with Gasteiger partial charge in [0.2, 0.25) is 12.7 Å². The van der Waals surface area contributed by atoms with Crippen LogP contribution in [-0.2, 0) is 5.67 Å². The normalized spacial score (nSPS) is 13.8. The average Bonchev–Trinajstić information content (AvgIpc) is 2.94. The molecule has 2 aromatic rings. The molecule has 0 unspecified atom stereocenters. The van der Waals surface area contributed by atoms with E-state index in [1.54, 1.807) is 12.1 Å². The molecule has 0 radical (unpaired) electrons. The zero-order valence-electron chi connectivity index (χ0n) is 10.6. The maximum atomic E-state index is 14.1. The summed E-state index contributed by atoms with van der Waals surface area (Å²) < 4.78 is 29.7. The second kappa shape index (κ2) is 3.88. The van der Waals surface area contributed by atoms with Crippen molar-refractivity contribution in [3.8, 4) is 22.6 Å². The molecule has 0 amide bonds. The first-order chi connectivity index (χ1) is 8.97. The number of anilines is 1. The van der Waals surface area contributed by atoms with Crippen molar-refractivity contribution in [2.45, 2.75) is 19.5 Å². The van der Waals surface area contributed by atoms with Crippen LogP contribution in [0.1, 0.15) is 19.4 Å². The lowest BCUT2D eigenvalue weighted by atomic mass is 9.95. The molecule has 5 nitrogen and oxygen atoms in total. The maximum Gasteiger partial charge on any atom is 0.231 e. The largest absolute Gasteiger partial charge is 0.454 e. The lowest BCUT2D eigenvalue weighted by Gasteiger charge is -2.16. The Kier molecular flexibility index (Phi) is 2.41. The molecule has 100 valence electrons. The number of hydrogen-bond acceptors (Lipinski definition) is 5. The highest BCUT2D eigenvalue weighted by molar-refractivity contribution is 5.80. The molecule has 1 aliphatic heterocycles. The van der Waals surface area contributed by atoms with Crippen LogP contribution in [0.2, 0.25) is 0 Å². The summed E-state index contributed by atoms with van der Waals surface area (Å²) in [6.45, 7) is 3.06. The number of halogens is 1. The van der Waals surface area contributed by atoms with Gasteiger partial charge in [-0.2, -0.15) is 0 Å². The fourth-order valence-corrected chi connectivity index (χ4v) is 2.00. The smallest absolute Gasteiger partial charge is 0.231 e. The van der Waals surface area contributed by atoms with Gasteiger partial charge in [0.25, 0.3) is 0 Å². The molecule has 0 bridgehead atoms. The van der Waals surface area contributed by atoms with Crippen LogP contribution in [-0.4, -0.2) is 11.9 Å². The van der Waals surface area contributed by atoms with Crippen LogP contribution in [0, 0.1) is 0 Å². The van der Waals surface area contributed by atoms with Gasteiger partial charge in [0.1, 0.15) is 5.67 Å². The van der Waals surface area contributed by atoms with Gasteiger partial charge in [-0.3, -0.25) is 0 Å². The van der Waals surface area contributed by atoms with Crippen LogP contribution < -0.4 is 15.2 Å². The van der Waals surface area contributed by atoms with E-state index >= 15 is 0 Å². The third-order valence-corrected chi connectivity index (χ3v) is 3.05. The van der Waals surface area contributed by atoms with Crippen molar-refractivity contribution in [1.29, 1.82) is 0 Å². The Morgan fingerprint density at radius 3 is 2.68 bits per heavy atom. The highest BCUT2D eigenvalue weighted by Gasteiger charge is 2.28. The molecule has 1 aromatic carbocycles. The van der Waals surface area contributed by atoms with Crippen LogP contribution in [0.3, 0.4) is 0 Å². The van der Waals surface area contributed by atoms with E-state index < -0.39 is 5.67 Å².